The van der Waals surface area contributed by atoms with Crippen LogP contribution in [0.15, 0.2) is 24.3 Å². The zero-order valence-corrected chi connectivity index (χ0v) is 32.8. The summed E-state index contributed by atoms with van der Waals surface area (Å²) in [5, 5.41) is 31.0. The fourth-order valence-electron chi connectivity index (χ4n) is 5.54. The molecule has 4 atom stereocenters. The second-order valence-electron chi connectivity index (χ2n) is 15.1. The van der Waals surface area contributed by atoms with E-state index in [1.807, 2.05) is 27.7 Å². The van der Waals surface area contributed by atoms with Gasteiger partial charge in [-0.05, 0) is 76.0 Å². The van der Waals surface area contributed by atoms with E-state index in [4.69, 9.17) is 14.6 Å². The molecule has 0 heterocycles. The summed E-state index contributed by atoms with van der Waals surface area (Å²) in [6.45, 7) is 13.4. The molecule has 0 saturated heterocycles. The van der Waals surface area contributed by atoms with Gasteiger partial charge in [0.1, 0.15) is 23.4 Å². The number of unbranched alkanes of at least 4 members (excludes halogenated alkanes) is 2. The van der Waals surface area contributed by atoms with Crippen LogP contribution in [-0.4, -0.2) is 109 Å². The topological polar surface area (TPSA) is 196 Å². The minimum Gasteiger partial charge on any atom is -0.497 e. The molecule has 0 aliphatic rings. The first-order valence-corrected chi connectivity index (χ1v) is 18.4. The number of carbonyl (C=O) groups excluding carboxylic acids is 5. The van der Waals surface area contributed by atoms with Crippen LogP contribution < -0.4 is 26.0 Å². The summed E-state index contributed by atoms with van der Waals surface area (Å²) in [7, 11) is 3.08. The number of hydrogen-bond donors (Lipinski definition) is 6. The number of rotatable bonds is 23. The van der Waals surface area contributed by atoms with Crippen LogP contribution in [0.25, 0.3) is 0 Å². The molecule has 52 heavy (non-hydrogen) atoms. The van der Waals surface area contributed by atoms with Crippen molar-refractivity contribution in [2.75, 3.05) is 33.9 Å². The van der Waals surface area contributed by atoms with Crippen molar-refractivity contribution in [3.63, 3.8) is 0 Å². The number of benzene rings is 1. The summed E-state index contributed by atoms with van der Waals surface area (Å²) < 4.78 is 10.7. The average molecular weight is 736 g/mol. The number of nitrogens with one attached hydrogen (secondary N) is 4. The van der Waals surface area contributed by atoms with Gasteiger partial charge in [-0.1, -0.05) is 46.2 Å². The third-order valence-electron chi connectivity index (χ3n) is 8.15. The molecule has 0 aromatic heterocycles. The summed E-state index contributed by atoms with van der Waals surface area (Å²) in [5.74, 6) is -0.728. The predicted octanol–water partition coefficient (Wildman–Crippen LogP) is 3.07. The first-order valence-electron chi connectivity index (χ1n) is 18.4. The van der Waals surface area contributed by atoms with Gasteiger partial charge in [-0.3, -0.25) is 19.2 Å². The van der Waals surface area contributed by atoms with Crippen LogP contribution in [0, 0.1) is 11.8 Å². The lowest BCUT2D eigenvalue weighted by Gasteiger charge is -2.34. The Morgan fingerprint density at radius 3 is 2.02 bits per heavy atom. The van der Waals surface area contributed by atoms with Crippen molar-refractivity contribution >= 4 is 29.7 Å². The molecule has 0 saturated carbocycles. The summed E-state index contributed by atoms with van der Waals surface area (Å²) >= 11 is 0. The zero-order valence-electron chi connectivity index (χ0n) is 32.8. The van der Waals surface area contributed by atoms with Crippen molar-refractivity contribution in [2.45, 2.75) is 130 Å². The number of methoxy groups -OCH3 is 1. The van der Waals surface area contributed by atoms with Crippen molar-refractivity contribution in [2.24, 2.45) is 11.8 Å². The van der Waals surface area contributed by atoms with E-state index in [0.29, 0.717) is 44.4 Å². The standard InChI is InChI=1S/C38H65N5O9/c1-25(2)21-29(32(45)24-34(47)39-18-12-10-11-13-33(46)40-19-20-44)41-35(48)31(22-26(3)4)43(8)36(49)30(42-37(50)52-38(5,6)7)23-27-14-16-28(51-9)17-15-27/h14-17,25-26,29-32,44-45H,10-13,18-24H2,1-9H3,(H,39,47)(H,40,46)(H,41,48)(H,42,50)/t29-,30-,31-,32-/m0/s1. The lowest BCUT2D eigenvalue weighted by molar-refractivity contribution is -0.141. The van der Waals surface area contributed by atoms with E-state index >= 15 is 0 Å². The monoisotopic (exact) mass is 735 g/mol. The molecule has 14 nitrogen and oxygen atoms in total. The lowest BCUT2D eigenvalue weighted by Crippen LogP contribution is -2.58. The maximum absolute atomic E-state index is 14.1. The van der Waals surface area contributed by atoms with Crippen LogP contribution in [0.3, 0.4) is 0 Å². The first-order chi connectivity index (χ1) is 24.4. The van der Waals surface area contributed by atoms with E-state index in [1.54, 1.807) is 52.1 Å². The fourth-order valence-corrected chi connectivity index (χ4v) is 5.54. The molecule has 0 fully saturated rings. The molecule has 0 unspecified atom stereocenters. The Bertz CT molecular complexity index is 1250. The van der Waals surface area contributed by atoms with Gasteiger partial charge < -0.3 is 45.9 Å². The number of carbonyl (C=O) groups is 5. The van der Waals surface area contributed by atoms with Crippen LogP contribution in [0.5, 0.6) is 5.75 Å². The molecule has 0 aliphatic carbocycles. The zero-order chi connectivity index (χ0) is 39.4. The highest BCUT2D eigenvalue weighted by Crippen LogP contribution is 2.19. The number of ether oxygens (including phenoxy) is 2. The summed E-state index contributed by atoms with van der Waals surface area (Å²) in [6, 6.07) is 4.36. The Morgan fingerprint density at radius 2 is 1.46 bits per heavy atom. The quantitative estimate of drug-likeness (QED) is 0.0916. The maximum atomic E-state index is 14.1. The van der Waals surface area contributed by atoms with Gasteiger partial charge in [-0.25, -0.2) is 4.79 Å². The third kappa shape index (κ3) is 19.1. The Hall–Kier alpha value is -3.91. The third-order valence-corrected chi connectivity index (χ3v) is 8.15. The molecular weight excluding hydrogens is 670 g/mol. The largest absolute Gasteiger partial charge is 0.497 e. The molecule has 6 N–H and O–H groups in total. The molecule has 0 spiro atoms. The molecule has 14 heteroatoms. The van der Waals surface area contributed by atoms with Crippen molar-refractivity contribution in [1.82, 2.24) is 26.2 Å². The summed E-state index contributed by atoms with van der Waals surface area (Å²) in [6.07, 6.45) is 1.02. The number of hydrogen-bond acceptors (Lipinski definition) is 9. The second kappa shape index (κ2) is 23.6. The molecule has 296 valence electrons. The Morgan fingerprint density at radius 1 is 0.846 bits per heavy atom. The minimum atomic E-state index is -1.18. The molecule has 1 rings (SSSR count). The fraction of sp³-hybridized carbons (Fsp3) is 0.711. The van der Waals surface area contributed by atoms with Crippen molar-refractivity contribution < 1.29 is 43.7 Å². The van der Waals surface area contributed by atoms with Gasteiger partial charge in [0.05, 0.1) is 32.3 Å². The summed E-state index contributed by atoms with van der Waals surface area (Å²) in [4.78, 5) is 66.6. The molecular formula is C38H65N5O9. The van der Waals surface area contributed by atoms with E-state index in [0.717, 1.165) is 12.0 Å². The number of aliphatic hydroxyl groups excluding tert-OH is 2. The van der Waals surface area contributed by atoms with Crippen LogP contribution in [0.4, 0.5) is 4.79 Å². The number of aliphatic hydroxyl groups is 2. The average Bonchev–Trinajstić information content (AvgIpc) is 3.05. The van der Waals surface area contributed by atoms with Crippen LogP contribution in [-0.2, 0) is 30.3 Å². The van der Waals surface area contributed by atoms with Crippen molar-refractivity contribution in [3.8, 4) is 5.75 Å². The SMILES string of the molecule is COc1ccc(C[C@H](NC(=O)OC(C)(C)C)C(=O)N(C)[C@@H](CC(C)C)C(=O)N[C@@H](CC(C)C)[C@@H](O)CC(=O)NCCCCCC(=O)NCCO)cc1. The predicted molar refractivity (Wildman–Crippen MR) is 199 cm³/mol. The van der Waals surface area contributed by atoms with Crippen molar-refractivity contribution in [3.05, 3.63) is 29.8 Å². The van der Waals surface area contributed by atoms with E-state index in [2.05, 4.69) is 21.3 Å². The minimum absolute atomic E-state index is 0.0130. The number of amides is 5. The van der Waals surface area contributed by atoms with Crippen LogP contribution in [0.2, 0.25) is 0 Å². The molecule has 0 aliphatic heterocycles. The Kier molecular flexibility index (Phi) is 20.9. The highest BCUT2D eigenvalue weighted by atomic mass is 16.6. The van der Waals surface area contributed by atoms with Crippen molar-refractivity contribution in [1.29, 1.82) is 0 Å². The van der Waals surface area contributed by atoms with E-state index in [9.17, 15) is 29.1 Å². The lowest BCUT2D eigenvalue weighted by atomic mass is 9.95. The molecule has 1 aromatic rings. The number of nitrogens with zero attached hydrogens (tertiary/aromatic N) is 1. The van der Waals surface area contributed by atoms with Gasteiger partial charge in [0, 0.05) is 33.0 Å². The van der Waals surface area contributed by atoms with E-state index < -0.39 is 47.7 Å². The van der Waals surface area contributed by atoms with Gasteiger partial charge in [0.25, 0.3) is 0 Å². The Labute approximate surface area is 310 Å². The normalized spacial score (nSPS) is 13.8. The maximum Gasteiger partial charge on any atom is 0.408 e. The smallest absolute Gasteiger partial charge is 0.408 e. The van der Waals surface area contributed by atoms with Crippen LogP contribution in [0.1, 0.15) is 99.0 Å². The second-order valence-corrected chi connectivity index (χ2v) is 15.1. The molecule has 1 aromatic carbocycles. The van der Waals surface area contributed by atoms with Gasteiger partial charge in [0.15, 0.2) is 0 Å². The first kappa shape index (κ1) is 46.1. The molecule has 5 amide bonds. The molecule has 0 radical (unpaired) electrons. The van der Waals surface area contributed by atoms with E-state index in [1.165, 1.54) is 11.9 Å². The van der Waals surface area contributed by atoms with Gasteiger partial charge in [-0.2, -0.15) is 0 Å². The summed E-state index contributed by atoms with van der Waals surface area (Å²) in [5.41, 5.74) is -0.0401. The molecule has 0 bridgehead atoms. The van der Waals surface area contributed by atoms with Gasteiger partial charge in [-0.15, -0.1) is 0 Å². The number of alkyl carbamates (subject to hydrolysis) is 1. The highest BCUT2D eigenvalue weighted by Gasteiger charge is 2.35. The van der Waals surface area contributed by atoms with Crippen LogP contribution >= 0.6 is 0 Å². The van der Waals surface area contributed by atoms with Gasteiger partial charge in [0.2, 0.25) is 23.6 Å². The van der Waals surface area contributed by atoms with Gasteiger partial charge >= 0.3 is 6.09 Å². The van der Waals surface area contributed by atoms with E-state index in [-0.39, 0.29) is 49.6 Å². The number of likely N-dealkylation sites (N-methyl/N-ethyl adjacent to an activating group) is 1. The Balaban J connectivity index is 3.05. The highest BCUT2D eigenvalue weighted by molar-refractivity contribution is 5.91.